The topological polar surface area (TPSA) is 124 Å². The maximum atomic E-state index is 12.3. The second-order valence-electron chi connectivity index (χ2n) is 9.31. The smallest absolute Gasteiger partial charge is 0.319 e. The lowest BCUT2D eigenvalue weighted by atomic mass is 9.89. The zero-order valence-electron chi connectivity index (χ0n) is 21.9. The van der Waals surface area contributed by atoms with Crippen molar-refractivity contribution in [2.24, 2.45) is 5.92 Å². The molecule has 0 spiro atoms. The number of rotatable bonds is 14. The lowest BCUT2D eigenvalue weighted by molar-refractivity contribution is -0.142. The monoisotopic (exact) mass is 512 g/mol. The Morgan fingerprint density at radius 3 is 2.65 bits per heavy atom. The Morgan fingerprint density at radius 1 is 1.08 bits per heavy atom. The van der Waals surface area contributed by atoms with Gasteiger partial charge in [-0.15, -0.1) is 0 Å². The van der Waals surface area contributed by atoms with Gasteiger partial charge in [0.1, 0.15) is 11.4 Å². The summed E-state index contributed by atoms with van der Waals surface area (Å²) in [6.07, 6.45) is 6.73. The fourth-order valence-electron chi connectivity index (χ4n) is 4.54. The van der Waals surface area contributed by atoms with Crippen LogP contribution in [0.1, 0.15) is 55.7 Å². The first-order chi connectivity index (χ1) is 18.0. The third-order valence-electron chi connectivity index (χ3n) is 6.51. The number of carbonyl (C=O) groups excluding carboxylic acids is 2. The highest BCUT2D eigenvalue weighted by Crippen LogP contribution is 2.31. The molecule has 0 bridgehead atoms. The summed E-state index contributed by atoms with van der Waals surface area (Å²) in [4.78, 5) is 29.4. The number of ether oxygens (including phenoxy) is 2. The molecule has 0 aromatic heterocycles. The van der Waals surface area contributed by atoms with Gasteiger partial charge in [0.05, 0.1) is 20.3 Å². The van der Waals surface area contributed by atoms with Crippen LogP contribution in [0.25, 0.3) is 0 Å². The highest BCUT2D eigenvalue weighted by molar-refractivity contribution is 5.77. The number of amides is 1. The standard InChI is InChI=1S/C28H40N4O5/c1-3-36-27(34)18-30-17-23-15-21(12-13-24(23)29)14-22-10-7-11-25(35-2)28(22)32-37-19-26(33)31-16-20-8-5-4-6-9-20/h7,10-13,15,20,30,32H,3-6,8-9,14,16-19,29H2,1-2H3,(H,31,33). The van der Waals surface area contributed by atoms with Crippen molar-refractivity contribution in [1.29, 1.82) is 0 Å². The summed E-state index contributed by atoms with van der Waals surface area (Å²) in [6.45, 7) is 3.30. The molecule has 2 aromatic carbocycles. The maximum absolute atomic E-state index is 12.3. The van der Waals surface area contributed by atoms with Crippen LogP contribution in [0.3, 0.4) is 0 Å². The average Bonchev–Trinajstić information content (AvgIpc) is 2.90. The minimum Gasteiger partial charge on any atom is -0.494 e. The van der Waals surface area contributed by atoms with Gasteiger partial charge in [-0.2, -0.15) is 0 Å². The molecular weight excluding hydrogens is 472 g/mol. The summed E-state index contributed by atoms with van der Waals surface area (Å²) in [6, 6.07) is 11.6. The van der Waals surface area contributed by atoms with Crippen molar-refractivity contribution >= 4 is 23.3 Å². The summed E-state index contributed by atoms with van der Waals surface area (Å²) in [5.41, 5.74) is 13.3. The van der Waals surface area contributed by atoms with Crippen LogP contribution in [0, 0.1) is 5.92 Å². The van der Waals surface area contributed by atoms with Crippen molar-refractivity contribution in [3.8, 4) is 5.75 Å². The Morgan fingerprint density at radius 2 is 1.89 bits per heavy atom. The number of nitrogen functional groups attached to an aromatic ring is 1. The fraction of sp³-hybridized carbons (Fsp3) is 0.500. The first kappa shape index (κ1) is 28.3. The Hall–Kier alpha value is -3.30. The largest absolute Gasteiger partial charge is 0.494 e. The summed E-state index contributed by atoms with van der Waals surface area (Å²) in [5, 5.41) is 6.05. The van der Waals surface area contributed by atoms with E-state index in [0.717, 1.165) is 16.7 Å². The van der Waals surface area contributed by atoms with Gasteiger partial charge in [0.15, 0.2) is 6.61 Å². The summed E-state index contributed by atoms with van der Waals surface area (Å²) in [5.74, 6) is 0.739. The molecule has 9 heteroatoms. The molecule has 202 valence electrons. The lowest BCUT2D eigenvalue weighted by Crippen LogP contribution is -2.33. The van der Waals surface area contributed by atoms with E-state index in [2.05, 4.69) is 16.1 Å². The molecule has 37 heavy (non-hydrogen) atoms. The van der Waals surface area contributed by atoms with Crippen LogP contribution >= 0.6 is 0 Å². The predicted molar refractivity (Wildman–Crippen MR) is 144 cm³/mol. The molecule has 2 aromatic rings. The second-order valence-corrected chi connectivity index (χ2v) is 9.31. The molecule has 1 fully saturated rings. The zero-order chi connectivity index (χ0) is 26.5. The second kappa shape index (κ2) is 15.1. The molecule has 0 radical (unpaired) electrons. The van der Waals surface area contributed by atoms with Crippen molar-refractivity contribution in [3.63, 3.8) is 0 Å². The van der Waals surface area contributed by atoms with Crippen molar-refractivity contribution in [2.75, 3.05) is 44.6 Å². The minimum absolute atomic E-state index is 0.0949. The number of benzene rings is 2. The summed E-state index contributed by atoms with van der Waals surface area (Å²) >= 11 is 0. The molecule has 3 rings (SSSR count). The normalized spacial score (nSPS) is 13.7. The number of anilines is 2. The minimum atomic E-state index is -0.299. The fourth-order valence-corrected chi connectivity index (χ4v) is 4.54. The Kier molecular flexibility index (Phi) is 11.5. The van der Waals surface area contributed by atoms with Gasteiger partial charge in [-0.1, -0.05) is 43.5 Å². The zero-order valence-corrected chi connectivity index (χ0v) is 21.9. The van der Waals surface area contributed by atoms with E-state index in [-0.39, 0.29) is 25.0 Å². The lowest BCUT2D eigenvalue weighted by Gasteiger charge is -2.21. The molecule has 1 saturated carbocycles. The number of methoxy groups -OCH3 is 1. The van der Waals surface area contributed by atoms with Crippen LogP contribution in [-0.4, -0.2) is 45.3 Å². The Balaban J connectivity index is 1.58. The molecular formula is C28H40N4O5. The van der Waals surface area contributed by atoms with Crippen LogP contribution in [0.2, 0.25) is 0 Å². The summed E-state index contributed by atoms with van der Waals surface area (Å²) < 4.78 is 10.5. The third-order valence-corrected chi connectivity index (χ3v) is 6.51. The van der Waals surface area contributed by atoms with E-state index >= 15 is 0 Å². The van der Waals surface area contributed by atoms with Gasteiger partial charge in [-0.25, -0.2) is 0 Å². The van der Waals surface area contributed by atoms with Crippen molar-refractivity contribution in [1.82, 2.24) is 10.6 Å². The molecule has 0 atom stereocenters. The van der Waals surface area contributed by atoms with E-state index in [9.17, 15) is 9.59 Å². The van der Waals surface area contributed by atoms with Crippen LogP contribution in [-0.2, 0) is 32.1 Å². The molecule has 9 nitrogen and oxygen atoms in total. The van der Waals surface area contributed by atoms with E-state index in [1.165, 1.54) is 32.1 Å². The van der Waals surface area contributed by atoms with Gasteiger partial charge in [-0.3, -0.25) is 19.9 Å². The predicted octanol–water partition coefficient (Wildman–Crippen LogP) is 3.56. The molecule has 1 amide bonds. The van der Waals surface area contributed by atoms with E-state index in [0.29, 0.717) is 49.2 Å². The molecule has 0 saturated heterocycles. The first-order valence-corrected chi connectivity index (χ1v) is 13.0. The highest BCUT2D eigenvalue weighted by atomic mass is 16.6. The number of carbonyl (C=O) groups is 2. The van der Waals surface area contributed by atoms with E-state index in [4.69, 9.17) is 20.0 Å². The maximum Gasteiger partial charge on any atom is 0.319 e. The van der Waals surface area contributed by atoms with Crippen LogP contribution in [0.5, 0.6) is 5.75 Å². The van der Waals surface area contributed by atoms with Crippen LogP contribution in [0.15, 0.2) is 36.4 Å². The van der Waals surface area contributed by atoms with Gasteiger partial charge in [0.25, 0.3) is 0 Å². The Bertz CT molecular complexity index is 1020. The van der Waals surface area contributed by atoms with E-state index in [1.54, 1.807) is 14.0 Å². The number of hydrogen-bond acceptors (Lipinski definition) is 8. The number of nitrogens with one attached hydrogen (secondary N) is 3. The van der Waals surface area contributed by atoms with Gasteiger partial charge < -0.3 is 25.8 Å². The van der Waals surface area contributed by atoms with Crippen LogP contribution in [0.4, 0.5) is 11.4 Å². The van der Waals surface area contributed by atoms with E-state index in [1.807, 2.05) is 36.4 Å². The number of nitrogens with two attached hydrogens (primary N) is 1. The number of para-hydroxylation sites is 1. The number of hydrogen-bond donors (Lipinski definition) is 4. The molecule has 0 unspecified atom stereocenters. The highest BCUT2D eigenvalue weighted by Gasteiger charge is 2.15. The van der Waals surface area contributed by atoms with Crippen LogP contribution < -0.4 is 26.6 Å². The SMILES string of the molecule is CCOC(=O)CNCc1cc(Cc2cccc(OC)c2NOCC(=O)NCC2CCCCC2)ccc1N. The van der Waals surface area contributed by atoms with Gasteiger partial charge in [-0.05, 0) is 60.9 Å². The molecule has 1 aliphatic carbocycles. The quantitative estimate of drug-likeness (QED) is 0.172. The van der Waals surface area contributed by atoms with Crippen molar-refractivity contribution < 1.29 is 23.9 Å². The first-order valence-electron chi connectivity index (χ1n) is 13.0. The van der Waals surface area contributed by atoms with Gasteiger partial charge in [0, 0.05) is 18.8 Å². The average molecular weight is 513 g/mol. The molecule has 0 heterocycles. The summed E-state index contributed by atoms with van der Waals surface area (Å²) in [7, 11) is 1.59. The number of esters is 1. The molecule has 0 aliphatic heterocycles. The van der Waals surface area contributed by atoms with Crippen molar-refractivity contribution in [3.05, 3.63) is 53.1 Å². The molecule has 5 N–H and O–H groups in total. The van der Waals surface area contributed by atoms with Gasteiger partial charge in [0.2, 0.25) is 5.91 Å². The van der Waals surface area contributed by atoms with Crippen molar-refractivity contribution in [2.45, 2.75) is 52.0 Å². The van der Waals surface area contributed by atoms with Gasteiger partial charge >= 0.3 is 5.97 Å². The van der Waals surface area contributed by atoms with E-state index < -0.39 is 0 Å². The molecule has 1 aliphatic rings. The Labute approximate surface area is 219 Å². The third kappa shape index (κ3) is 9.26.